The monoisotopic (exact) mass is 285 g/mol. The second-order valence-corrected chi connectivity index (χ2v) is 5.14. The van der Waals surface area contributed by atoms with E-state index in [0.29, 0.717) is 6.42 Å². The SMILES string of the molecule is O=C(O)CCc1nc2ccc(Br)cc2s1. The molecule has 3 nitrogen and oxygen atoms in total. The Kier molecular flexibility index (Phi) is 3.02. The summed E-state index contributed by atoms with van der Waals surface area (Å²) in [5, 5.41) is 9.44. The number of fused-ring (bicyclic) bond motifs is 1. The van der Waals surface area contributed by atoms with Crippen molar-refractivity contribution >= 4 is 43.5 Å². The van der Waals surface area contributed by atoms with E-state index in [4.69, 9.17) is 5.11 Å². The smallest absolute Gasteiger partial charge is 0.303 e. The lowest BCUT2D eigenvalue weighted by Gasteiger charge is -1.88. The third kappa shape index (κ3) is 2.54. The van der Waals surface area contributed by atoms with E-state index in [0.717, 1.165) is 19.7 Å². The zero-order valence-corrected chi connectivity index (χ0v) is 10.1. The number of hydrogen-bond acceptors (Lipinski definition) is 3. The van der Waals surface area contributed by atoms with Gasteiger partial charge in [0.2, 0.25) is 0 Å². The summed E-state index contributed by atoms with van der Waals surface area (Å²) in [6, 6.07) is 5.86. The molecule has 5 heteroatoms. The number of carboxylic acid groups (broad SMARTS) is 1. The Labute approximate surface area is 98.9 Å². The Morgan fingerprint density at radius 3 is 3.07 bits per heavy atom. The van der Waals surface area contributed by atoms with Crippen molar-refractivity contribution in [1.82, 2.24) is 4.98 Å². The van der Waals surface area contributed by atoms with Gasteiger partial charge in [-0.3, -0.25) is 4.79 Å². The van der Waals surface area contributed by atoms with Gasteiger partial charge in [-0.1, -0.05) is 15.9 Å². The number of rotatable bonds is 3. The van der Waals surface area contributed by atoms with Crippen molar-refractivity contribution in [2.24, 2.45) is 0 Å². The van der Waals surface area contributed by atoms with Gasteiger partial charge in [0.15, 0.2) is 0 Å². The van der Waals surface area contributed by atoms with Crippen molar-refractivity contribution in [3.8, 4) is 0 Å². The number of hydrogen-bond donors (Lipinski definition) is 1. The Bertz CT molecular complexity index is 509. The predicted molar refractivity (Wildman–Crippen MR) is 63.3 cm³/mol. The maximum Gasteiger partial charge on any atom is 0.303 e. The largest absolute Gasteiger partial charge is 0.481 e. The molecule has 0 saturated heterocycles. The number of halogens is 1. The predicted octanol–water partition coefficient (Wildman–Crippen LogP) is 3.08. The number of thiazole rings is 1. The molecule has 0 aliphatic heterocycles. The number of aryl methyl sites for hydroxylation is 1. The number of aliphatic carboxylic acids is 1. The highest BCUT2D eigenvalue weighted by Crippen LogP contribution is 2.25. The quantitative estimate of drug-likeness (QED) is 0.943. The second-order valence-electron chi connectivity index (χ2n) is 3.11. The van der Waals surface area contributed by atoms with E-state index in [-0.39, 0.29) is 6.42 Å². The summed E-state index contributed by atoms with van der Waals surface area (Å²) in [5.41, 5.74) is 0.934. The average Bonchev–Trinajstić information content (AvgIpc) is 2.56. The summed E-state index contributed by atoms with van der Waals surface area (Å²) in [6.45, 7) is 0. The third-order valence-electron chi connectivity index (χ3n) is 1.95. The lowest BCUT2D eigenvalue weighted by molar-refractivity contribution is -0.136. The third-order valence-corrected chi connectivity index (χ3v) is 3.52. The molecule has 0 radical (unpaired) electrons. The molecule has 1 aromatic heterocycles. The molecule has 1 heterocycles. The molecule has 15 heavy (non-hydrogen) atoms. The number of aromatic nitrogens is 1. The minimum atomic E-state index is -0.782. The van der Waals surface area contributed by atoms with Gasteiger partial charge in [-0.05, 0) is 18.2 Å². The summed E-state index contributed by atoms with van der Waals surface area (Å²) in [7, 11) is 0. The molecule has 2 aromatic rings. The van der Waals surface area contributed by atoms with Gasteiger partial charge < -0.3 is 5.11 Å². The molecule has 0 unspecified atom stereocenters. The summed E-state index contributed by atoms with van der Waals surface area (Å²) >= 11 is 4.94. The van der Waals surface area contributed by atoms with Crippen LogP contribution in [0, 0.1) is 0 Å². The van der Waals surface area contributed by atoms with Gasteiger partial charge in [0.25, 0.3) is 0 Å². The molecule has 1 aromatic carbocycles. The number of carboxylic acids is 1. The van der Waals surface area contributed by atoms with Gasteiger partial charge in [0.1, 0.15) is 0 Å². The molecule has 1 N–H and O–H groups in total. The first-order valence-electron chi connectivity index (χ1n) is 4.42. The zero-order chi connectivity index (χ0) is 10.8. The lowest BCUT2D eigenvalue weighted by Crippen LogP contribution is -1.96. The average molecular weight is 286 g/mol. The van der Waals surface area contributed by atoms with Crippen LogP contribution in [0.2, 0.25) is 0 Å². The fourth-order valence-corrected chi connectivity index (χ4v) is 2.79. The first-order valence-corrected chi connectivity index (χ1v) is 6.03. The number of nitrogens with zero attached hydrogens (tertiary/aromatic N) is 1. The lowest BCUT2D eigenvalue weighted by atomic mass is 10.3. The van der Waals surface area contributed by atoms with E-state index in [1.807, 2.05) is 18.2 Å². The summed E-state index contributed by atoms with van der Waals surface area (Å²) in [5.74, 6) is -0.782. The molecule has 78 valence electrons. The van der Waals surface area contributed by atoms with Crippen LogP contribution in [0.3, 0.4) is 0 Å². The van der Waals surface area contributed by atoms with Crippen LogP contribution in [0.25, 0.3) is 10.2 Å². The maximum atomic E-state index is 10.4. The maximum absolute atomic E-state index is 10.4. The van der Waals surface area contributed by atoms with E-state index in [9.17, 15) is 4.79 Å². The van der Waals surface area contributed by atoms with Crippen LogP contribution in [-0.4, -0.2) is 16.1 Å². The molecule has 0 bridgehead atoms. The van der Waals surface area contributed by atoms with E-state index >= 15 is 0 Å². The van der Waals surface area contributed by atoms with Crippen LogP contribution in [0.1, 0.15) is 11.4 Å². The van der Waals surface area contributed by atoms with Crippen LogP contribution >= 0.6 is 27.3 Å². The van der Waals surface area contributed by atoms with Crippen LogP contribution in [0.5, 0.6) is 0 Å². The van der Waals surface area contributed by atoms with E-state index in [1.54, 1.807) is 11.3 Å². The highest BCUT2D eigenvalue weighted by atomic mass is 79.9. The molecule has 0 saturated carbocycles. The van der Waals surface area contributed by atoms with Gasteiger partial charge in [-0.15, -0.1) is 11.3 Å². The van der Waals surface area contributed by atoms with Crippen LogP contribution in [-0.2, 0) is 11.2 Å². The molecule has 0 aliphatic carbocycles. The summed E-state index contributed by atoms with van der Waals surface area (Å²) in [4.78, 5) is 14.8. The van der Waals surface area contributed by atoms with Crippen molar-refractivity contribution in [3.63, 3.8) is 0 Å². The molecule has 2 rings (SSSR count). The standard InChI is InChI=1S/C10H8BrNO2S/c11-6-1-2-7-8(5-6)15-9(12-7)3-4-10(13)14/h1-2,5H,3-4H2,(H,13,14). The Balaban J connectivity index is 2.27. The Morgan fingerprint density at radius 1 is 1.53 bits per heavy atom. The fraction of sp³-hybridized carbons (Fsp3) is 0.200. The van der Waals surface area contributed by atoms with Crippen LogP contribution in [0.4, 0.5) is 0 Å². The first-order chi connectivity index (χ1) is 7.15. The summed E-state index contributed by atoms with van der Waals surface area (Å²) < 4.78 is 2.10. The molecule has 0 spiro atoms. The van der Waals surface area contributed by atoms with Crippen molar-refractivity contribution in [2.45, 2.75) is 12.8 Å². The second kappa shape index (κ2) is 4.28. The Hall–Kier alpha value is -0.940. The zero-order valence-electron chi connectivity index (χ0n) is 7.74. The molecular weight excluding hydrogens is 278 g/mol. The normalized spacial score (nSPS) is 10.7. The fourth-order valence-electron chi connectivity index (χ4n) is 1.27. The van der Waals surface area contributed by atoms with Gasteiger partial charge in [-0.25, -0.2) is 4.98 Å². The highest BCUT2D eigenvalue weighted by Gasteiger charge is 2.06. The van der Waals surface area contributed by atoms with Crippen molar-refractivity contribution in [2.75, 3.05) is 0 Å². The summed E-state index contributed by atoms with van der Waals surface area (Å²) in [6.07, 6.45) is 0.646. The highest BCUT2D eigenvalue weighted by molar-refractivity contribution is 9.10. The molecule has 0 atom stereocenters. The van der Waals surface area contributed by atoms with Crippen molar-refractivity contribution in [3.05, 3.63) is 27.7 Å². The first kappa shape index (κ1) is 10.6. The topological polar surface area (TPSA) is 50.2 Å². The number of carbonyl (C=O) groups is 1. The molecule has 0 fully saturated rings. The van der Waals surface area contributed by atoms with Crippen LogP contribution in [0.15, 0.2) is 22.7 Å². The van der Waals surface area contributed by atoms with Crippen molar-refractivity contribution < 1.29 is 9.90 Å². The van der Waals surface area contributed by atoms with Crippen molar-refractivity contribution in [1.29, 1.82) is 0 Å². The van der Waals surface area contributed by atoms with Gasteiger partial charge in [0.05, 0.1) is 21.6 Å². The minimum Gasteiger partial charge on any atom is -0.481 e. The minimum absolute atomic E-state index is 0.140. The van der Waals surface area contributed by atoms with E-state index in [1.165, 1.54) is 0 Å². The van der Waals surface area contributed by atoms with Gasteiger partial charge in [0, 0.05) is 10.9 Å². The van der Waals surface area contributed by atoms with Crippen LogP contribution < -0.4 is 0 Å². The number of benzene rings is 1. The molecular formula is C10H8BrNO2S. The van der Waals surface area contributed by atoms with Gasteiger partial charge >= 0.3 is 5.97 Å². The van der Waals surface area contributed by atoms with E-state index < -0.39 is 5.97 Å². The van der Waals surface area contributed by atoms with Gasteiger partial charge in [-0.2, -0.15) is 0 Å². The molecule has 0 aliphatic rings. The molecule has 0 amide bonds. The Morgan fingerprint density at radius 2 is 2.33 bits per heavy atom. The van der Waals surface area contributed by atoms with E-state index in [2.05, 4.69) is 20.9 Å².